The molecule has 1 aliphatic heterocycles. The van der Waals surface area contributed by atoms with Crippen LogP contribution in [0.25, 0.3) is 0 Å². The van der Waals surface area contributed by atoms with Crippen LogP contribution in [0.3, 0.4) is 0 Å². The van der Waals surface area contributed by atoms with E-state index in [1.807, 2.05) is 32.2 Å². The van der Waals surface area contributed by atoms with Gasteiger partial charge in [-0.1, -0.05) is 36.4 Å². The molecule has 0 aromatic heterocycles. The molecule has 26 heavy (non-hydrogen) atoms. The molecule has 2 atom stereocenters. The Bertz CT molecular complexity index is 697. The van der Waals surface area contributed by atoms with E-state index < -0.39 is 17.9 Å². The highest BCUT2D eigenvalue weighted by Gasteiger charge is 2.31. The largest absolute Gasteiger partial charge is 0.469 e. The summed E-state index contributed by atoms with van der Waals surface area (Å²) in [5.74, 6) is -1.42. The van der Waals surface area contributed by atoms with Gasteiger partial charge in [0.1, 0.15) is 6.61 Å². The van der Waals surface area contributed by atoms with E-state index in [2.05, 4.69) is 22.0 Å². The summed E-state index contributed by atoms with van der Waals surface area (Å²) in [6, 6.07) is 9.84. The lowest BCUT2D eigenvalue weighted by molar-refractivity contribution is -0.144. The van der Waals surface area contributed by atoms with Crippen LogP contribution >= 0.6 is 0 Å². The third kappa shape index (κ3) is 5.26. The quantitative estimate of drug-likeness (QED) is 0.699. The van der Waals surface area contributed by atoms with Gasteiger partial charge in [-0.05, 0) is 26.5 Å². The highest BCUT2D eigenvalue weighted by molar-refractivity contribution is 6.19. The number of aliphatic imine (C=N–C) groups is 1. The van der Waals surface area contributed by atoms with Crippen LogP contribution in [0.1, 0.15) is 19.4 Å². The molecule has 0 fully saturated rings. The Morgan fingerprint density at radius 1 is 1.23 bits per heavy atom. The van der Waals surface area contributed by atoms with E-state index in [-0.39, 0.29) is 12.6 Å². The van der Waals surface area contributed by atoms with E-state index in [0.29, 0.717) is 17.8 Å². The zero-order chi connectivity index (χ0) is 19.1. The normalized spacial score (nSPS) is 19.6. The van der Waals surface area contributed by atoms with Gasteiger partial charge in [0.05, 0.1) is 24.6 Å². The van der Waals surface area contributed by atoms with Crippen LogP contribution < -0.4 is 0 Å². The molecule has 1 aromatic carbocycles. The minimum atomic E-state index is -0.563. The number of hydrogen-bond acceptors (Lipinski definition) is 6. The third-order valence-electron chi connectivity index (χ3n) is 4.35. The van der Waals surface area contributed by atoms with Gasteiger partial charge in [0.2, 0.25) is 0 Å². The van der Waals surface area contributed by atoms with Gasteiger partial charge >= 0.3 is 11.9 Å². The van der Waals surface area contributed by atoms with Crippen molar-refractivity contribution >= 4 is 17.7 Å². The van der Waals surface area contributed by atoms with Gasteiger partial charge in [0.25, 0.3) is 0 Å². The van der Waals surface area contributed by atoms with Crippen LogP contribution in [-0.2, 0) is 25.6 Å². The van der Waals surface area contributed by atoms with Gasteiger partial charge in [-0.25, -0.2) is 4.79 Å². The fourth-order valence-corrected chi connectivity index (χ4v) is 2.86. The summed E-state index contributed by atoms with van der Waals surface area (Å²) in [7, 11) is 3.30. The van der Waals surface area contributed by atoms with Gasteiger partial charge in [-0.15, -0.1) is 0 Å². The maximum atomic E-state index is 12.4. The van der Waals surface area contributed by atoms with Crippen molar-refractivity contribution in [3.05, 3.63) is 47.5 Å². The SMILES string of the molecule is COC(=O)C1C=C(C(=O)OCCN(C)Cc2ccccc2)C(C)=NC1C. The molecule has 0 radical (unpaired) electrons. The first-order valence-electron chi connectivity index (χ1n) is 8.66. The summed E-state index contributed by atoms with van der Waals surface area (Å²) in [4.78, 5) is 30.7. The first-order chi connectivity index (χ1) is 12.4. The van der Waals surface area contributed by atoms with E-state index in [0.717, 1.165) is 6.54 Å². The molecule has 2 rings (SSSR count). The minimum Gasteiger partial charge on any atom is -0.469 e. The molecule has 1 aliphatic rings. The van der Waals surface area contributed by atoms with Crippen LogP contribution in [0.2, 0.25) is 0 Å². The second-order valence-corrected chi connectivity index (χ2v) is 6.44. The number of methoxy groups -OCH3 is 1. The molecule has 140 valence electrons. The molecule has 6 heteroatoms. The van der Waals surface area contributed by atoms with Crippen molar-refractivity contribution in [3.8, 4) is 0 Å². The number of benzene rings is 1. The molecule has 6 nitrogen and oxygen atoms in total. The van der Waals surface area contributed by atoms with Crippen molar-refractivity contribution in [2.45, 2.75) is 26.4 Å². The number of carbonyl (C=O) groups is 2. The van der Waals surface area contributed by atoms with Crippen molar-refractivity contribution in [3.63, 3.8) is 0 Å². The topological polar surface area (TPSA) is 68.2 Å². The molecule has 0 saturated carbocycles. The Morgan fingerprint density at radius 2 is 1.92 bits per heavy atom. The molecule has 0 spiro atoms. The first kappa shape index (κ1) is 19.8. The number of esters is 2. The lowest BCUT2D eigenvalue weighted by Crippen LogP contribution is -2.32. The second kappa shape index (κ2) is 9.29. The molecule has 0 bridgehead atoms. The summed E-state index contributed by atoms with van der Waals surface area (Å²) in [6.07, 6.45) is 1.61. The standard InChI is InChI=1S/C20H26N2O4/c1-14-17(19(23)25-4)12-18(15(2)21-14)20(24)26-11-10-22(3)13-16-8-6-5-7-9-16/h5-9,12,14,17H,10-11,13H2,1-4H3. The van der Waals surface area contributed by atoms with Gasteiger partial charge < -0.3 is 9.47 Å². The van der Waals surface area contributed by atoms with E-state index in [1.54, 1.807) is 13.0 Å². The number of hydrogen-bond donors (Lipinski definition) is 0. The third-order valence-corrected chi connectivity index (χ3v) is 4.35. The Balaban J connectivity index is 1.88. The van der Waals surface area contributed by atoms with E-state index in [1.165, 1.54) is 12.7 Å². The fraction of sp³-hybridized carbons (Fsp3) is 0.450. The van der Waals surface area contributed by atoms with E-state index in [4.69, 9.17) is 9.47 Å². The van der Waals surface area contributed by atoms with Gasteiger partial charge in [0.15, 0.2) is 0 Å². The lowest BCUT2D eigenvalue weighted by Gasteiger charge is -2.23. The predicted molar refractivity (Wildman–Crippen MR) is 99.9 cm³/mol. The minimum absolute atomic E-state index is 0.254. The number of carbonyl (C=O) groups excluding carboxylic acids is 2. The van der Waals surface area contributed by atoms with Crippen LogP contribution in [0.5, 0.6) is 0 Å². The fourth-order valence-electron chi connectivity index (χ4n) is 2.86. The zero-order valence-corrected chi connectivity index (χ0v) is 15.8. The van der Waals surface area contributed by atoms with Crippen molar-refractivity contribution in [2.24, 2.45) is 10.9 Å². The summed E-state index contributed by atoms with van der Waals surface area (Å²) >= 11 is 0. The molecule has 2 unspecified atom stereocenters. The van der Waals surface area contributed by atoms with Crippen molar-refractivity contribution in [1.29, 1.82) is 0 Å². The molecular formula is C20H26N2O4. The van der Waals surface area contributed by atoms with Gasteiger partial charge in [-0.3, -0.25) is 14.7 Å². The number of dihydropyridines is 1. The van der Waals surface area contributed by atoms with Crippen LogP contribution in [0, 0.1) is 5.92 Å². The summed E-state index contributed by atoms with van der Waals surface area (Å²) in [5.41, 5.74) is 2.12. The molecule has 1 heterocycles. The summed E-state index contributed by atoms with van der Waals surface area (Å²) in [6.45, 7) is 5.23. The smallest absolute Gasteiger partial charge is 0.339 e. The summed E-state index contributed by atoms with van der Waals surface area (Å²) in [5, 5.41) is 0. The average molecular weight is 358 g/mol. The Hall–Kier alpha value is -2.47. The Morgan fingerprint density at radius 3 is 2.58 bits per heavy atom. The molecule has 1 aromatic rings. The number of likely N-dealkylation sites (N-methyl/N-ethyl adjacent to an activating group) is 1. The molecule has 0 N–H and O–H groups in total. The highest BCUT2D eigenvalue weighted by atomic mass is 16.5. The second-order valence-electron chi connectivity index (χ2n) is 6.44. The zero-order valence-electron chi connectivity index (χ0n) is 15.8. The lowest BCUT2D eigenvalue weighted by atomic mass is 9.93. The number of rotatable bonds is 7. The van der Waals surface area contributed by atoms with Crippen LogP contribution in [0.15, 0.2) is 47.0 Å². The summed E-state index contributed by atoms with van der Waals surface area (Å²) < 4.78 is 10.2. The molecular weight excluding hydrogens is 332 g/mol. The number of nitrogens with zero attached hydrogens (tertiary/aromatic N) is 2. The molecule has 0 saturated heterocycles. The Labute approximate surface area is 154 Å². The Kier molecular flexibility index (Phi) is 7.09. The average Bonchev–Trinajstić information content (AvgIpc) is 2.61. The van der Waals surface area contributed by atoms with Crippen molar-refractivity contribution < 1.29 is 19.1 Å². The van der Waals surface area contributed by atoms with Gasteiger partial charge in [0, 0.05) is 18.8 Å². The van der Waals surface area contributed by atoms with Crippen LogP contribution in [-0.4, -0.2) is 55.9 Å². The maximum Gasteiger partial charge on any atom is 0.339 e. The van der Waals surface area contributed by atoms with E-state index in [9.17, 15) is 9.59 Å². The van der Waals surface area contributed by atoms with Crippen molar-refractivity contribution in [2.75, 3.05) is 27.3 Å². The van der Waals surface area contributed by atoms with Crippen LogP contribution in [0.4, 0.5) is 0 Å². The molecule has 0 aliphatic carbocycles. The molecule has 0 amide bonds. The van der Waals surface area contributed by atoms with Crippen molar-refractivity contribution in [1.82, 2.24) is 4.90 Å². The van der Waals surface area contributed by atoms with Gasteiger partial charge in [-0.2, -0.15) is 0 Å². The number of ether oxygens (including phenoxy) is 2. The van der Waals surface area contributed by atoms with E-state index >= 15 is 0 Å². The first-order valence-corrected chi connectivity index (χ1v) is 8.66. The maximum absolute atomic E-state index is 12.4. The highest BCUT2D eigenvalue weighted by Crippen LogP contribution is 2.21. The predicted octanol–water partition coefficient (Wildman–Crippen LogP) is 2.24. The monoisotopic (exact) mass is 358 g/mol.